The predicted molar refractivity (Wildman–Crippen MR) is 174 cm³/mol. The van der Waals surface area contributed by atoms with Crippen LogP contribution in [0.3, 0.4) is 0 Å². The van der Waals surface area contributed by atoms with Crippen LogP contribution in [-0.4, -0.2) is 59.2 Å². The minimum Gasteiger partial charge on any atom is -0.469 e. The van der Waals surface area contributed by atoms with Crippen LogP contribution in [0, 0.1) is 11.8 Å². The van der Waals surface area contributed by atoms with Crippen LogP contribution in [0.5, 0.6) is 0 Å². The number of nitrogens with zero attached hydrogens (tertiary/aromatic N) is 4. The molecule has 45 heavy (non-hydrogen) atoms. The van der Waals surface area contributed by atoms with E-state index in [1.807, 2.05) is 33.8 Å². The van der Waals surface area contributed by atoms with E-state index in [0.29, 0.717) is 70.2 Å². The van der Waals surface area contributed by atoms with E-state index in [1.54, 1.807) is 13.0 Å². The number of carbonyl (C=O) groups is 3. The van der Waals surface area contributed by atoms with Crippen molar-refractivity contribution in [2.75, 3.05) is 7.11 Å². The van der Waals surface area contributed by atoms with Crippen LogP contribution in [0.4, 0.5) is 0 Å². The summed E-state index contributed by atoms with van der Waals surface area (Å²) in [6, 6.07) is 0. The lowest BCUT2D eigenvalue weighted by molar-refractivity contribution is -0.140. The second-order valence-electron chi connectivity index (χ2n) is 12.2. The van der Waals surface area contributed by atoms with Gasteiger partial charge < -0.3 is 9.84 Å². The van der Waals surface area contributed by atoms with Crippen molar-refractivity contribution in [3.8, 4) is 0 Å². The molecule has 6 aliphatic rings. The van der Waals surface area contributed by atoms with E-state index in [-0.39, 0.29) is 36.4 Å². The van der Waals surface area contributed by atoms with Gasteiger partial charge in [0, 0.05) is 52.7 Å². The Balaban J connectivity index is 1.67. The van der Waals surface area contributed by atoms with Crippen molar-refractivity contribution in [1.82, 2.24) is 0 Å². The molecule has 6 rings (SSSR count). The number of aliphatic hydroxyl groups excluding tert-OH is 1. The number of aliphatic imine (C=N–C) groups is 4. The van der Waals surface area contributed by atoms with Crippen LogP contribution in [0.1, 0.15) is 73.6 Å². The lowest BCUT2D eigenvalue weighted by Crippen LogP contribution is -2.21. The quantitative estimate of drug-likeness (QED) is 0.298. The third kappa shape index (κ3) is 4.76. The molecule has 0 aromatic rings. The molecular weight excluding hydrogens is 568 g/mol. The third-order valence-corrected chi connectivity index (χ3v) is 9.75. The molecule has 3 atom stereocenters. The second-order valence-corrected chi connectivity index (χ2v) is 12.2. The molecule has 0 spiro atoms. The number of rotatable bonds is 7. The maximum absolute atomic E-state index is 13.6. The summed E-state index contributed by atoms with van der Waals surface area (Å²) in [7, 11) is 1.39. The van der Waals surface area contributed by atoms with Gasteiger partial charge in [0.25, 0.3) is 0 Å². The van der Waals surface area contributed by atoms with Gasteiger partial charge in [-0.05, 0) is 74.5 Å². The van der Waals surface area contributed by atoms with Gasteiger partial charge in [0.1, 0.15) is 0 Å². The zero-order chi connectivity index (χ0) is 32.3. The summed E-state index contributed by atoms with van der Waals surface area (Å²) in [6.07, 6.45) is 5.78. The molecule has 9 heteroatoms. The van der Waals surface area contributed by atoms with E-state index >= 15 is 0 Å². The minimum atomic E-state index is -0.811. The Bertz CT molecular complexity index is 1830. The van der Waals surface area contributed by atoms with Gasteiger partial charge in [-0.1, -0.05) is 20.8 Å². The topological polar surface area (TPSA) is 130 Å². The average Bonchev–Trinajstić information content (AvgIpc) is 3.79. The molecule has 1 N–H and O–H groups in total. The molecule has 5 heterocycles. The maximum atomic E-state index is 13.6. The van der Waals surface area contributed by atoms with Crippen LogP contribution in [0.2, 0.25) is 0 Å². The van der Waals surface area contributed by atoms with Crippen molar-refractivity contribution in [3.05, 3.63) is 79.5 Å². The number of aliphatic hydroxyl groups is 1. The first-order valence-corrected chi connectivity index (χ1v) is 15.7. The maximum Gasteiger partial charge on any atom is 0.305 e. The summed E-state index contributed by atoms with van der Waals surface area (Å²) in [6.45, 7) is 11.7. The van der Waals surface area contributed by atoms with E-state index in [2.05, 4.69) is 6.92 Å². The number of ketones is 1. The van der Waals surface area contributed by atoms with Gasteiger partial charge in [-0.15, -0.1) is 0 Å². The van der Waals surface area contributed by atoms with Crippen molar-refractivity contribution in [2.45, 2.75) is 79.8 Å². The Hall–Kier alpha value is -4.37. The van der Waals surface area contributed by atoms with Gasteiger partial charge in [0.15, 0.2) is 12.1 Å². The van der Waals surface area contributed by atoms with Crippen molar-refractivity contribution in [2.24, 2.45) is 31.8 Å². The zero-order valence-corrected chi connectivity index (χ0v) is 26.9. The number of aldehydes is 1. The number of methoxy groups -OCH3 is 1. The first-order valence-electron chi connectivity index (χ1n) is 15.7. The Morgan fingerprint density at radius 3 is 2.40 bits per heavy atom. The Morgan fingerprint density at radius 1 is 1.04 bits per heavy atom. The number of hydrogen-bond acceptors (Lipinski definition) is 9. The number of hydrogen-bond donors (Lipinski definition) is 1. The average molecular weight is 607 g/mol. The number of allylic oxidation sites excluding steroid dienone is 10. The van der Waals surface area contributed by atoms with Gasteiger partial charge >= 0.3 is 5.97 Å². The lowest BCUT2D eigenvalue weighted by atomic mass is 9.82. The van der Waals surface area contributed by atoms with Gasteiger partial charge in [0.2, 0.25) is 0 Å². The van der Waals surface area contributed by atoms with Crippen molar-refractivity contribution in [3.63, 3.8) is 0 Å². The molecule has 8 bridgehead atoms. The first-order chi connectivity index (χ1) is 21.5. The number of ether oxygens (including phenoxy) is 1. The lowest BCUT2D eigenvalue weighted by Gasteiger charge is -2.19. The van der Waals surface area contributed by atoms with Crippen LogP contribution in [0.15, 0.2) is 99.5 Å². The molecule has 232 valence electrons. The molecule has 1 aliphatic carbocycles. The molecule has 0 unspecified atom stereocenters. The van der Waals surface area contributed by atoms with Crippen LogP contribution in [-0.2, 0) is 19.1 Å². The summed E-state index contributed by atoms with van der Waals surface area (Å²) < 4.78 is 4.97. The summed E-state index contributed by atoms with van der Waals surface area (Å²) in [5.74, 6) is -0.498. The molecule has 5 aliphatic heterocycles. The largest absolute Gasteiger partial charge is 0.469 e. The van der Waals surface area contributed by atoms with Crippen molar-refractivity contribution in [1.29, 1.82) is 0 Å². The van der Waals surface area contributed by atoms with Gasteiger partial charge in [0.05, 0.1) is 53.2 Å². The number of esters is 1. The predicted octanol–water partition coefficient (Wildman–Crippen LogP) is 5.60. The number of carbonyl (C=O) groups excluding carboxylic acids is 3. The summed E-state index contributed by atoms with van der Waals surface area (Å²) in [4.78, 5) is 58.6. The SMILES string of the molecule is CCC1=C(C=O)C2=NC1=CC1=NC3=C(CC(=O)C3=C1CC)C1=NC(=C(C)C3=NC(=C2)C([C@H](C)O)=C3C)[C@@H](C)[C@@H]1CCC(=O)OC. The van der Waals surface area contributed by atoms with E-state index in [1.165, 1.54) is 7.11 Å². The fourth-order valence-corrected chi connectivity index (χ4v) is 7.53. The zero-order valence-electron chi connectivity index (χ0n) is 26.9. The Morgan fingerprint density at radius 2 is 1.76 bits per heavy atom. The number of Topliss-reactive ketones (excluding diaryl/α,β-unsaturated/α-hetero) is 1. The summed E-state index contributed by atoms with van der Waals surface area (Å²) in [5.41, 5.74) is 11.2. The molecular formula is C36H38N4O5. The molecule has 0 saturated heterocycles. The van der Waals surface area contributed by atoms with Gasteiger partial charge in [-0.2, -0.15) is 0 Å². The first kappa shape index (κ1) is 30.6. The van der Waals surface area contributed by atoms with E-state index in [0.717, 1.165) is 45.6 Å². The summed E-state index contributed by atoms with van der Waals surface area (Å²) >= 11 is 0. The molecule has 0 aromatic carbocycles. The standard InChI is InChI=1S/C36H38N4O5/c1-8-20-24(15-41)27-14-28-31(19(6)42)17(4)34(39-28)18(5)33-16(3)22(10-11-30(44)45-7)35(40-33)23-12-29(43)32-21(9-2)26(38-36(23)32)13-25(20)37-27/h13-16,19,22,42H,8-12H2,1-7H3/t16-,19-,22-/m0/s1. The fraction of sp³-hybridized carbons (Fsp3) is 0.417. The minimum absolute atomic E-state index is 0.00915. The Kier molecular flexibility index (Phi) is 7.85. The molecule has 0 fully saturated rings. The van der Waals surface area contributed by atoms with Crippen molar-refractivity contribution < 1.29 is 24.2 Å². The highest BCUT2D eigenvalue weighted by Crippen LogP contribution is 2.46. The second kappa shape index (κ2) is 11.5. The number of fused-ring (bicyclic) bond motifs is 4. The summed E-state index contributed by atoms with van der Waals surface area (Å²) in [5, 5.41) is 10.9. The normalized spacial score (nSPS) is 24.8. The van der Waals surface area contributed by atoms with Crippen molar-refractivity contribution >= 4 is 40.9 Å². The molecule has 0 aromatic heterocycles. The molecule has 0 radical (unpaired) electrons. The highest BCUT2D eigenvalue weighted by atomic mass is 16.5. The van der Waals surface area contributed by atoms with Crippen LogP contribution >= 0.6 is 0 Å². The molecule has 9 nitrogen and oxygen atoms in total. The monoisotopic (exact) mass is 606 g/mol. The highest BCUT2D eigenvalue weighted by molar-refractivity contribution is 6.28. The van der Waals surface area contributed by atoms with Gasteiger partial charge in [-0.25, -0.2) is 15.0 Å². The smallest absolute Gasteiger partial charge is 0.305 e. The fourth-order valence-electron chi connectivity index (χ4n) is 7.53. The van der Waals surface area contributed by atoms with Crippen LogP contribution < -0.4 is 0 Å². The van der Waals surface area contributed by atoms with E-state index in [4.69, 9.17) is 24.7 Å². The van der Waals surface area contributed by atoms with Crippen LogP contribution in [0.25, 0.3) is 0 Å². The van der Waals surface area contributed by atoms with E-state index in [9.17, 15) is 19.5 Å². The molecule has 0 amide bonds. The Labute approximate surface area is 263 Å². The highest BCUT2D eigenvalue weighted by Gasteiger charge is 2.43. The third-order valence-electron chi connectivity index (χ3n) is 9.75. The molecule has 0 saturated carbocycles. The van der Waals surface area contributed by atoms with E-state index < -0.39 is 6.10 Å². The van der Waals surface area contributed by atoms with Gasteiger partial charge in [-0.3, -0.25) is 19.4 Å².